The first kappa shape index (κ1) is 11.5. The molecular formula is C12H15F2NO. The molecule has 4 heteroatoms. The van der Waals surface area contributed by atoms with Crippen molar-refractivity contribution in [2.75, 3.05) is 0 Å². The number of hydrogen-bond acceptors (Lipinski definition) is 2. The van der Waals surface area contributed by atoms with Crippen LogP contribution in [0.1, 0.15) is 30.9 Å². The van der Waals surface area contributed by atoms with Crippen molar-refractivity contribution >= 4 is 0 Å². The van der Waals surface area contributed by atoms with Gasteiger partial charge in [0.05, 0.1) is 12.1 Å². The van der Waals surface area contributed by atoms with E-state index in [-0.39, 0.29) is 11.5 Å². The van der Waals surface area contributed by atoms with Gasteiger partial charge in [0.1, 0.15) is 0 Å². The average molecular weight is 227 g/mol. The first-order valence-corrected chi connectivity index (χ1v) is 5.49. The normalized spacial score (nSPS) is 20.2. The standard InChI is InChI=1S/C12H15F2NO/c13-9-6-2-5-8(10(9)14)11(15)12(16)7-3-1-4-7/h2,5-7,11-12,16H,1,3-4,15H2/t11-,12+/m0/s1. The van der Waals surface area contributed by atoms with Crippen molar-refractivity contribution in [1.82, 2.24) is 0 Å². The molecule has 1 aliphatic carbocycles. The van der Waals surface area contributed by atoms with Crippen LogP contribution >= 0.6 is 0 Å². The van der Waals surface area contributed by atoms with Gasteiger partial charge in [-0.3, -0.25) is 0 Å². The summed E-state index contributed by atoms with van der Waals surface area (Å²) in [7, 11) is 0. The summed E-state index contributed by atoms with van der Waals surface area (Å²) in [6.07, 6.45) is 2.10. The van der Waals surface area contributed by atoms with Crippen LogP contribution in [0.3, 0.4) is 0 Å². The van der Waals surface area contributed by atoms with Gasteiger partial charge >= 0.3 is 0 Å². The SMILES string of the molecule is N[C@@H](c1cccc(F)c1F)[C@H](O)C1CCC1. The molecule has 0 aromatic heterocycles. The molecule has 1 aromatic carbocycles. The first-order chi connectivity index (χ1) is 7.61. The summed E-state index contributed by atoms with van der Waals surface area (Å²) in [4.78, 5) is 0. The maximum absolute atomic E-state index is 13.4. The van der Waals surface area contributed by atoms with Crippen LogP contribution in [0.4, 0.5) is 8.78 Å². The van der Waals surface area contributed by atoms with E-state index in [2.05, 4.69) is 0 Å². The second-order valence-corrected chi connectivity index (χ2v) is 4.35. The predicted octanol–water partition coefficient (Wildman–Crippen LogP) is 2.13. The molecule has 0 aliphatic heterocycles. The van der Waals surface area contributed by atoms with E-state index in [1.165, 1.54) is 12.1 Å². The molecule has 0 unspecified atom stereocenters. The Labute approximate surface area is 93.1 Å². The molecular weight excluding hydrogens is 212 g/mol. The van der Waals surface area contributed by atoms with Gasteiger partial charge in [-0.15, -0.1) is 0 Å². The molecule has 1 fully saturated rings. The Hall–Kier alpha value is -1.00. The lowest BCUT2D eigenvalue weighted by atomic mass is 9.77. The van der Waals surface area contributed by atoms with Gasteiger partial charge < -0.3 is 10.8 Å². The molecule has 0 bridgehead atoms. The zero-order chi connectivity index (χ0) is 11.7. The van der Waals surface area contributed by atoms with Gasteiger partial charge in [-0.25, -0.2) is 8.78 Å². The van der Waals surface area contributed by atoms with Crippen molar-refractivity contribution in [2.45, 2.75) is 31.4 Å². The van der Waals surface area contributed by atoms with Crippen molar-refractivity contribution in [3.63, 3.8) is 0 Å². The fourth-order valence-corrected chi connectivity index (χ4v) is 2.04. The topological polar surface area (TPSA) is 46.2 Å². The van der Waals surface area contributed by atoms with Crippen LogP contribution in [-0.4, -0.2) is 11.2 Å². The zero-order valence-electron chi connectivity index (χ0n) is 8.87. The lowest BCUT2D eigenvalue weighted by molar-refractivity contribution is 0.0403. The lowest BCUT2D eigenvalue weighted by Crippen LogP contribution is -2.37. The number of aliphatic hydroxyl groups excluding tert-OH is 1. The van der Waals surface area contributed by atoms with E-state index in [9.17, 15) is 13.9 Å². The van der Waals surface area contributed by atoms with E-state index in [0.717, 1.165) is 25.3 Å². The van der Waals surface area contributed by atoms with E-state index < -0.39 is 23.8 Å². The third-order valence-electron chi connectivity index (χ3n) is 3.34. The molecule has 0 saturated heterocycles. The third kappa shape index (κ3) is 1.95. The molecule has 1 aliphatic rings. The summed E-state index contributed by atoms with van der Waals surface area (Å²) in [6, 6.07) is 3.02. The number of halogens is 2. The summed E-state index contributed by atoms with van der Waals surface area (Å²) < 4.78 is 26.4. The predicted molar refractivity (Wildman–Crippen MR) is 56.6 cm³/mol. The maximum Gasteiger partial charge on any atom is 0.163 e. The third-order valence-corrected chi connectivity index (χ3v) is 3.34. The van der Waals surface area contributed by atoms with Gasteiger partial charge in [-0.05, 0) is 24.8 Å². The number of benzene rings is 1. The van der Waals surface area contributed by atoms with Crippen LogP contribution in [0.15, 0.2) is 18.2 Å². The average Bonchev–Trinajstić information content (AvgIpc) is 2.18. The molecule has 88 valence electrons. The number of rotatable bonds is 3. The Morgan fingerprint density at radius 2 is 2.00 bits per heavy atom. The highest BCUT2D eigenvalue weighted by atomic mass is 19.2. The van der Waals surface area contributed by atoms with Gasteiger partial charge in [0.25, 0.3) is 0 Å². The van der Waals surface area contributed by atoms with Crippen molar-refractivity contribution in [1.29, 1.82) is 0 Å². The van der Waals surface area contributed by atoms with Gasteiger partial charge in [-0.1, -0.05) is 18.6 Å². The minimum Gasteiger partial charge on any atom is -0.391 e. The lowest BCUT2D eigenvalue weighted by Gasteiger charge is -2.33. The van der Waals surface area contributed by atoms with Gasteiger partial charge in [0.15, 0.2) is 11.6 Å². The van der Waals surface area contributed by atoms with Crippen molar-refractivity contribution < 1.29 is 13.9 Å². The summed E-state index contributed by atoms with van der Waals surface area (Å²) in [5.74, 6) is -1.75. The van der Waals surface area contributed by atoms with E-state index in [0.29, 0.717) is 0 Å². The monoisotopic (exact) mass is 227 g/mol. The second-order valence-electron chi connectivity index (χ2n) is 4.35. The Bertz CT molecular complexity index is 379. The van der Waals surface area contributed by atoms with Gasteiger partial charge in [-0.2, -0.15) is 0 Å². The summed E-state index contributed by atoms with van der Waals surface area (Å²) >= 11 is 0. The molecule has 2 atom stereocenters. The summed E-state index contributed by atoms with van der Waals surface area (Å²) in [5.41, 5.74) is 5.82. The largest absolute Gasteiger partial charge is 0.391 e. The molecule has 0 radical (unpaired) electrons. The van der Waals surface area contributed by atoms with E-state index in [4.69, 9.17) is 5.73 Å². The number of aliphatic hydroxyl groups is 1. The summed E-state index contributed by atoms with van der Waals surface area (Å²) in [6.45, 7) is 0. The number of nitrogens with two attached hydrogens (primary N) is 1. The quantitative estimate of drug-likeness (QED) is 0.830. The van der Waals surface area contributed by atoms with Crippen LogP contribution in [0.5, 0.6) is 0 Å². The molecule has 0 spiro atoms. The number of hydrogen-bond donors (Lipinski definition) is 2. The van der Waals surface area contributed by atoms with Crippen molar-refractivity contribution in [3.05, 3.63) is 35.4 Å². The van der Waals surface area contributed by atoms with Crippen molar-refractivity contribution in [2.24, 2.45) is 11.7 Å². The molecule has 0 heterocycles. The van der Waals surface area contributed by atoms with Crippen LogP contribution < -0.4 is 5.73 Å². The van der Waals surface area contributed by atoms with Crippen LogP contribution in [0, 0.1) is 17.6 Å². The fraction of sp³-hybridized carbons (Fsp3) is 0.500. The van der Waals surface area contributed by atoms with Gasteiger partial charge in [0, 0.05) is 5.56 Å². The Morgan fingerprint density at radius 1 is 1.31 bits per heavy atom. The Kier molecular flexibility index (Phi) is 3.21. The highest BCUT2D eigenvalue weighted by molar-refractivity contribution is 5.23. The highest BCUT2D eigenvalue weighted by Gasteiger charge is 2.32. The molecule has 2 nitrogen and oxygen atoms in total. The second kappa shape index (κ2) is 4.47. The van der Waals surface area contributed by atoms with Crippen molar-refractivity contribution in [3.8, 4) is 0 Å². The fourth-order valence-electron chi connectivity index (χ4n) is 2.04. The molecule has 2 rings (SSSR count). The Balaban J connectivity index is 2.19. The Morgan fingerprint density at radius 3 is 2.56 bits per heavy atom. The molecule has 0 amide bonds. The molecule has 16 heavy (non-hydrogen) atoms. The van der Waals surface area contributed by atoms with Crippen LogP contribution in [-0.2, 0) is 0 Å². The zero-order valence-corrected chi connectivity index (χ0v) is 8.87. The molecule has 1 aromatic rings. The molecule has 3 N–H and O–H groups in total. The van der Waals surface area contributed by atoms with Gasteiger partial charge in [0.2, 0.25) is 0 Å². The minimum absolute atomic E-state index is 0.0550. The minimum atomic E-state index is -0.951. The first-order valence-electron chi connectivity index (χ1n) is 5.49. The molecule has 1 saturated carbocycles. The maximum atomic E-state index is 13.4. The van der Waals surface area contributed by atoms with E-state index >= 15 is 0 Å². The summed E-state index contributed by atoms with van der Waals surface area (Å²) in [5, 5.41) is 9.89. The van der Waals surface area contributed by atoms with Crippen LogP contribution in [0.2, 0.25) is 0 Å². The van der Waals surface area contributed by atoms with Crippen LogP contribution in [0.25, 0.3) is 0 Å². The van der Waals surface area contributed by atoms with E-state index in [1.54, 1.807) is 0 Å². The highest BCUT2D eigenvalue weighted by Crippen LogP contribution is 2.34. The smallest absolute Gasteiger partial charge is 0.163 e. The van der Waals surface area contributed by atoms with E-state index in [1.807, 2.05) is 0 Å².